The minimum absolute atomic E-state index is 0.470. The van der Waals surface area contributed by atoms with Crippen LogP contribution in [0, 0.1) is 0 Å². The van der Waals surface area contributed by atoms with Crippen LogP contribution in [0.2, 0.25) is 0 Å². The SMILES string of the molecule is CNC(C)CCOc1cccc2cccnc12. The summed E-state index contributed by atoms with van der Waals surface area (Å²) in [6.45, 7) is 2.85. The number of nitrogens with zero attached hydrogens (tertiary/aromatic N) is 1. The van der Waals surface area contributed by atoms with E-state index in [0.717, 1.165) is 23.1 Å². The number of pyridine rings is 1. The number of aromatic nitrogens is 1. The highest BCUT2D eigenvalue weighted by molar-refractivity contribution is 5.84. The van der Waals surface area contributed by atoms with Crippen LogP contribution < -0.4 is 10.1 Å². The van der Waals surface area contributed by atoms with Crippen molar-refractivity contribution in [3.05, 3.63) is 36.5 Å². The minimum atomic E-state index is 0.470. The molecule has 0 spiro atoms. The van der Waals surface area contributed by atoms with Crippen molar-refractivity contribution in [1.29, 1.82) is 0 Å². The molecular formula is C14H18N2O. The van der Waals surface area contributed by atoms with Crippen molar-refractivity contribution in [2.75, 3.05) is 13.7 Å². The minimum Gasteiger partial charge on any atom is -0.491 e. The van der Waals surface area contributed by atoms with Crippen molar-refractivity contribution < 1.29 is 4.74 Å². The Bertz CT molecular complexity index is 479. The molecule has 0 aliphatic rings. The lowest BCUT2D eigenvalue weighted by atomic mass is 10.2. The number of hydrogen-bond acceptors (Lipinski definition) is 3. The summed E-state index contributed by atoms with van der Waals surface area (Å²) in [5.41, 5.74) is 0.937. The molecule has 1 aromatic carbocycles. The lowest BCUT2D eigenvalue weighted by Crippen LogP contribution is -2.23. The van der Waals surface area contributed by atoms with Gasteiger partial charge in [0.1, 0.15) is 11.3 Å². The van der Waals surface area contributed by atoms with Crippen molar-refractivity contribution in [1.82, 2.24) is 10.3 Å². The van der Waals surface area contributed by atoms with Crippen molar-refractivity contribution in [3.63, 3.8) is 0 Å². The molecule has 2 rings (SSSR count). The maximum Gasteiger partial charge on any atom is 0.145 e. The third-order valence-corrected chi connectivity index (χ3v) is 2.90. The summed E-state index contributed by atoms with van der Waals surface area (Å²) in [7, 11) is 1.96. The van der Waals surface area contributed by atoms with Crippen LogP contribution in [0.4, 0.5) is 0 Å². The average Bonchev–Trinajstić information content (AvgIpc) is 2.39. The van der Waals surface area contributed by atoms with E-state index in [0.29, 0.717) is 12.6 Å². The Kier molecular flexibility index (Phi) is 3.94. The van der Waals surface area contributed by atoms with E-state index in [1.54, 1.807) is 6.20 Å². The summed E-state index contributed by atoms with van der Waals surface area (Å²) < 4.78 is 5.79. The highest BCUT2D eigenvalue weighted by atomic mass is 16.5. The van der Waals surface area contributed by atoms with Gasteiger partial charge in [-0.15, -0.1) is 0 Å². The number of para-hydroxylation sites is 1. The highest BCUT2D eigenvalue weighted by Gasteiger charge is 2.03. The second-order valence-electron chi connectivity index (χ2n) is 4.16. The monoisotopic (exact) mass is 230 g/mol. The van der Waals surface area contributed by atoms with Crippen LogP contribution in [0.15, 0.2) is 36.5 Å². The zero-order valence-electron chi connectivity index (χ0n) is 10.3. The fraction of sp³-hybridized carbons (Fsp3) is 0.357. The van der Waals surface area contributed by atoms with Crippen LogP contribution in [0.5, 0.6) is 5.75 Å². The standard InChI is InChI=1S/C14H18N2O/c1-11(15-2)8-10-17-13-7-3-5-12-6-4-9-16-14(12)13/h3-7,9,11,15H,8,10H2,1-2H3. The van der Waals surface area contributed by atoms with Crippen molar-refractivity contribution in [2.45, 2.75) is 19.4 Å². The first-order valence-corrected chi connectivity index (χ1v) is 5.95. The van der Waals surface area contributed by atoms with Crippen LogP contribution >= 0.6 is 0 Å². The third-order valence-electron chi connectivity index (χ3n) is 2.90. The number of hydrogen-bond donors (Lipinski definition) is 1. The van der Waals surface area contributed by atoms with Gasteiger partial charge in [-0.05, 0) is 32.5 Å². The van der Waals surface area contributed by atoms with E-state index in [1.165, 1.54) is 0 Å². The number of fused-ring (bicyclic) bond motifs is 1. The van der Waals surface area contributed by atoms with Gasteiger partial charge in [-0.3, -0.25) is 4.98 Å². The van der Waals surface area contributed by atoms with Gasteiger partial charge in [0.15, 0.2) is 0 Å². The number of benzene rings is 1. The van der Waals surface area contributed by atoms with Crippen molar-refractivity contribution in [3.8, 4) is 5.75 Å². The number of nitrogens with one attached hydrogen (secondary N) is 1. The van der Waals surface area contributed by atoms with Crippen molar-refractivity contribution >= 4 is 10.9 Å². The molecule has 0 bridgehead atoms. The van der Waals surface area contributed by atoms with Gasteiger partial charge in [-0.1, -0.05) is 18.2 Å². The van der Waals surface area contributed by atoms with Gasteiger partial charge in [0.25, 0.3) is 0 Å². The second-order valence-corrected chi connectivity index (χ2v) is 4.16. The molecule has 3 nitrogen and oxygen atoms in total. The Balaban J connectivity index is 2.08. The summed E-state index contributed by atoms with van der Waals surface area (Å²) in [5, 5.41) is 4.31. The molecular weight excluding hydrogens is 212 g/mol. The molecule has 0 saturated carbocycles. The first kappa shape index (κ1) is 11.9. The molecule has 0 aliphatic carbocycles. The molecule has 0 amide bonds. The average molecular weight is 230 g/mol. The second kappa shape index (κ2) is 5.64. The summed E-state index contributed by atoms with van der Waals surface area (Å²) in [6, 6.07) is 10.5. The Hall–Kier alpha value is -1.61. The molecule has 0 fully saturated rings. The molecule has 90 valence electrons. The first-order valence-electron chi connectivity index (χ1n) is 5.95. The molecule has 0 saturated heterocycles. The van der Waals surface area contributed by atoms with Crippen LogP contribution in [-0.4, -0.2) is 24.7 Å². The van der Waals surface area contributed by atoms with Gasteiger partial charge in [0, 0.05) is 17.6 Å². The van der Waals surface area contributed by atoms with Crippen LogP contribution in [0.1, 0.15) is 13.3 Å². The predicted octanol–water partition coefficient (Wildman–Crippen LogP) is 2.61. The van der Waals surface area contributed by atoms with Gasteiger partial charge in [0.05, 0.1) is 6.61 Å². The van der Waals surface area contributed by atoms with E-state index in [4.69, 9.17) is 4.74 Å². The topological polar surface area (TPSA) is 34.1 Å². The molecule has 1 atom stereocenters. The number of ether oxygens (including phenoxy) is 1. The quantitative estimate of drug-likeness (QED) is 0.857. The largest absolute Gasteiger partial charge is 0.491 e. The van der Waals surface area contributed by atoms with E-state index in [1.807, 2.05) is 37.4 Å². The summed E-state index contributed by atoms with van der Waals surface area (Å²) in [6.07, 6.45) is 2.78. The maximum atomic E-state index is 5.79. The fourth-order valence-electron chi connectivity index (χ4n) is 1.68. The van der Waals surface area contributed by atoms with E-state index < -0.39 is 0 Å². The summed E-state index contributed by atoms with van der Waals surface area (Å²) in [5.74, 6) is 0.867. The van der Waals surface area contributed by atoms with Gasteiger partial charge in [-0.2, -0.15) is 0 Å². The summed E-state index contributed by atoms with van der Waals surface area (Å²) in [4.78, 5) is 4.36. The molecule has 1 aromatic heterocycles. The first-order chi connectivity index (χ1) is 8.31. The Morgan fingerprint density at radius 2 is 2.12 bits per heavy atom. The van der Waals surface area contributed by atoms with Crippen LogP contribution in [0.25, 0.3) is 10.9 Å². The van der Waals surface area contributed by atoms with Gasteiger partial charge in [0.2, 0.25) is 0 Å². The zero-order valence-corrected chi connectivity index (χ0v) is 10.3. The highest BCUT2D eigenvalue weighted by Crippen LogP contribution is 2.22. The maximum absolute atomic E-state index is 5.79. The molecule has 1 N–H and O–H groups in total. The smallest absolute Gasteiger partial charge is 0.145 e. The van der Waals surface area contributed by atoms with E-state index in [2.05, 4.69) is 17.2 Å². The van der Waals surface area contributed by atoms with Crippen LogP contribution in [-0.2, 0) is 0 Å². The fourth-order valence-corrected chi connectivity index (χ4v) is 1.68. The molecule has 0 aliphatic heterocycles. The van der Waals surface area contributed by atoms with Gasteiger partial charge >= 0.3 is 0 Å². The Labute approximate surface area is 102 Å². The lowest BCUT2D eigenvalue weighted by molar-refractivity contribution is 0.296. The summed E-state index contributed by atoms with van der Waals surface area (Å²) >= 11 is 0. The number of rotatable bonds is 5. The molecule has 3 heteroatoms. The Morgan fingerprint density at radius 1 is 1.29 bits per heavy atom. The zero-order chi connectivity index (χ0) is 12.1. The van der Waals surface area contributed by atoms with Gasteiger partial charge < -0.3 is 10.1 Å². The van der Waals surface area contributed by atoms with Crippen LogP contribution in [0.3, 0.4) is 0 Å². The normalized spacial score (nSPS) is 12.6. The molecule has 1 unspecified atom stereocenters. The molecule has 2 aromatic rings. The third kappa shape index (κ3) is 2.94. The molecule has 17 heavy (non-hydrogen) atoms. The molecule has 0 radical (unpaired) electrons. The van der Waals surface area contributed by atoms with E-state index in [-0.39, 0.29) is 0 Å². The van der Waals surface area contributed by atoms with Gasteiger partial charge in [-0.25, -0.2) is 0 Å². The lowest BCUT2D eigenvalue weighted by Gasteiger charge is -2.12. The van der Waals surface area contributed by atoms with E-state index >= 15 is 0 Å². The van der Waals surface area contributed by atoms with E-state index in [9.17, 15) is 0 Å². The predicted molar refractivity (Wildman–Crippen MR) is 70.4 cm³/mol. The van der Waals surface area contributed by atoms with Crippen molar-refractivity contribution in [2.24, 2.45) is 0 Å². The Morgan fingerprint density at radius 3 is 2.94 bits per heavy atom. The molecule has 1 heterocycles.